The van der Waals surface area contributed by atoms with E-state index >= 15 is 0 Å². The zero-order chi connectivity index (χ0) is 17.6. The molecule has 6 nitrogen and oxygen atoms in total. The molecule has 2 atom stereocenters. The Bertz CT molecular complexity index is 343. The third-order valence-electron chi connectivity index (χ3n) is 4.66. The van der Waals surface area contributed by atoms with Crippen LogP contribution in [-0.4, -0.2) is 23.5 Å². The minimum absolute atomic E-state index is 0.0984. The first-order valence-electron chi connectivity index (χ1n) is 7.81. The van der Waals surface area contributed by atoms with Crippen LogP contribution in [0.1, 0.15) is 68.2 Å². The van der Waals surface area contributed by atoms with Gasteiger partial charge in [0.1, 0.15) is 11.2 Å². The van der Waals surface area contributed by atoms with Gasteiger partial charge >= 0.3 is 12.3 Å². The van der Waals surface area contributed by atoms with Crippen LogP contribution in [0.2, 0.25) is 0 Å². The molecule has 0 amide bonds. The highest BCUT2D eigenvalue weighted by atomic mass is 17.3. The SMILES string of the molecule is CCC(C)(OC(=O)OOC(=O)OC(C)(CC)C(C)C)C(C)C. The molecule has 0 aromatic carbocycles. The lowest BCUT2D eigenvalue weighted by Crippen LogP contribution is -2.38. The molecule has 0 radical (unpaired) electrons. The van der Waals surface area contributed by atoms with E-state index < -0.39 is 23.5 Å². The maximum atomic E-state index is 11.6. The summed E-state index contributed by atoms with van der Waals surface area (Å²) in [4.78, 5) is 32.0. The molecule has 0 saturated heterocycles. The second-order valence-electron chi connectivity index (χ2n) is 6.51. The second-order valence-corrected chi connectivity index (χ2v) is 6.51. The van der Waals surface area contributed by atoms with Gasteiger partial charge in [0.05, 0.1) is 0 Å². The first-order valence-corrected chi connectivity index (χ1v) is 7.81. The summed E-state index contributed by atoms with van der Waals surface area (Å²) in [7, 11) is 0. The monoisotopic (exact) mass is 318 g/mol. The second kappa shape index (κ2) is 8.25. The van der Waals surface area contributed by atoms with Crippen molar-refractivity contribution in [3.8, 4) is 0 Å². The maximum Gasteiger partial charge on any atom is 0.550 e. The average Bonchev–Trinajstić information content (AvgIpc) is 2.44. The van der Waals surface area contributed by atoms with Crippen LogP contribution in [0.5, 0.6) is 0 Å². The minimum atomic E-state index is -1.06. The highest BCUT2D eigenvalue weighted by Crippen LogP contribution is 2.27. The van der Waals surface area contributed by atoms with Crippen LogP contribution in [0.25, 0.3) is 0 Å². The number of carbonyl (C=O) groups excluding carboxylic acids is 2. The van der Waals surface area contributed by atoms with Crippen molar-refractivity contribution in [3.63, 3.8) is 0 Å². The fourth-order valence-electron chi connectivity index (χ4n) is 1.68. The van der Waals surface area contributed by atoms with E-state index in [9.17, 15) is 9.59 Å². The van der Waals surface area contributed by atoms with Crippen LogP contribution in [0.3, 0.4) is 0 Å². The topological polar surface area (TPSA) is 71.1 Å². The first-order chi connectivity index (χ1) is 10.0. The van der Waals surface area contributed by atoms with Crippen molar-refractivity contribution in [3.05, 3.63) is 0 Å². The average molecular weight is 318 g/mol. The van der Waals surface area contributed by atoms with E-state index in [2.05, 4.69) is 9.78 Å². The third-order valence-corrected chi connectivity index (χ3v) is 4.66. The molecule has 6 heteroatoms. The molecular weight excluding hydrogens is 288 g/mol. The minimum Gasteiger partial charge on any atom is -0.425 e. The van der Waals surface area contributed by atoms with Gasteiger partial charge < -0.3 is 9.47 Å². The van der Waals surface area contributed by atoms with E-state index in [0.29, 0.717) is 12.8 Å². The predicted octanol–water partition coefficient (Wildman–Crippen LogP) is 4.86. The van der Waals surface area contributed by atoms with Crippen molar-refractivity contribution < 1.29 is 28.8 Å². The van der Waals surface area contributed by atoms with Gasteiger partial charge in [-0.25, -0.2) is 0 Å². The highest BCUT2D eigenvalue weighted by molar-refractivity contribution is 5.64. The number of rotatable bonds is 6. The summed E-state index contributed by atoms with van der Waals surface area (Å²) in [5.74, 6) is 0.197. The maximum absolute atomic E-state index is 11.6. The van der Waals surface area contributed by atoms with Crippen molar-refractivity contribution in [2.75, 3.05) is 0 Å². The summed E-state index contributed by atoms with van der Waals surface area (Å²) in [6.45, 7) is 15.1. The zero-order valence-corrected chi connectivity index (χ0v) is 15.0. The summed E-state index contributed by atoms with van der Waals surface area (Å²) in [6.07, 6.45) is -0.882. The van der Waals surface area contributed by atoms with Gasteiger partial charge in [0.25, 0.3) is 0 Å². The Balaban J connectivity index is 4.45. The van der Waals surface area contributed by atoms with Crippen molar-refractivity contribution in [1.82, 2.24) is 0 Å². The first kappa shape index (κ1) is 20.5. The van der Waals surface area contributed by atoms with E-state index in [1.54, 1.807) is 13.8 Å². The fourth-order valence-corrected chi connectivity index (χ4v) is 1.68. The summed E-state index contributed by atoms with van der Waals surface area (Å²) in [5, 5.41) is 0. The number of hydrogen-bond acceptors (Lipinski definition) is 6. The summed E-state index contributed by atoms with van der Waals surface area (Å²) < 4.78 is 10.4. The van der Waals surface area contributed by atoms with Gasteiger partial charge in [-0.05, 0) is 38.5 Å². The standard InChI is InChI=1S/C16H30O6/c1-9-15(7,11(3)4)19-13(17)21-22-14(18)20-16(8,10-2)12(5)6/h11-12H,9-10H2,1-8H3. The number of hydrogen-bond donors (Lipinski definition) is 0. The van der Waals surface area contributed by atoms with Crippen LogP contribution in [-0.2, 0) is 19.2 Å². The lowest BCUT2D eigenvalue weighted by molar-refractivity contribution is -0.239. The Hall–Kier alpha value is -1.46. The highest BCUT2D eigenvalue weighted by Gasteiger charge is 2.34. The van der Waals surface area contributed by atoms with Crippen LogP contribution in [0, 0.1) is 11.8 Å². The van der Waals surface area contributed by atoms with Gasteiger partial charge in [0.15, 0.2) is 0 Å². The molecule has 0 fully saturated rings. The number of ether oxygens (including phenoxy) is 2. The van der Waals surface area contributed by atoms with Gasteiger partial charge in [-0.1, -0.05) is 41.5 Å². The van der Waals surface area contributed by atoms with E-state index in [1.807, 2.05) is 41.5 Å². The molecule has 22 heavy (non-hydrogen) atoms. The quantitative estimate of drug-likeness (QED) is 0.396. The molecule has 0 aliphatic rings. The van der Waals surface area contributed by atoms with Gasteiger partial charge in [-0.15, -0.1) is 0 Å². The smallest absolute Gasteiger partial charge is 0.425 e. The molecule has 0 aliphatic carbocycles. The molecule has 0 N–H and O–H groups in total. The Morgan fingerprint density at radius 1 is 0.773 bits per heavy atom. The van der Waals surface area contributed by atoms with E-state index in [1.165, 1.54) is 0 Å². The molecule has 0 spiro atoms. The van der Waals surface area contributed by atoms with Crippen LogP contribution in [0.15, 0.2) is 0 Å². The Morgan fingerprint density at radius 2 is 1.05 bits per heavy atom. The Morgan fingerprint density at radius 3 is 1.23 bits per heavy atom. The van der Waals surface area contributed by atoms with Crippen molar-refractivity contribution in [2.45, 2.75) is 79.4 Å². The van der Waals surface area contributed by atoms with Crippen molar-refractivity contribution in [1.29, 1.82) is 0 Å². The molecule has 0 aliphatic heterocycles. The largest absolute Gasteiger partial charge is 0.550 e. The van der Waals surface area contributed by atoms with E-state index in [4.69, 9.17) is 9.47 Å². The van der Waals surface area contributed by atoms with Crippen LogP contribution in [0.4, 0.5) is 9.59 Å². The molecule has 2 unspecified atom stereocenters. The lowest BCUT2D eigenvalue weighted by Gasteiger charge is -2.32. The molecule has 0 aromatic rings. The third kappa shape index (κ3) is 5.73. The zero-order valence-electron chi connectivity index (χ0n) is 15.0. The summed E-state index contributed by atoms with van der Waals surface area (Å²) >= 11 is 0. The Kier molecular flexibility index (Phi) is 7.70. The van der Waals surface area contributed by atoms with Crippen molar-refractivity contribution >= 4 is 12.3 Å². The fraction of sp³-hybridized carbons (Fsp3) is 0.875. The molecule has 0 saturated carbocycles. The van der Waals surface area contributed by atoms with Crippen LogP contribution >= 0.6 is 0 Å². The molecule has 0 rings (SSSR count). The molecule has 0 bridgehead atoms. The predicted molar refractivity (Wildman–Crippen MR) is 82.2 cm³/mol. The van der Waals surface area contributed by atoms with Crippen LogP contribution < -0.4 is 0 Å². The molecule has 130 valence electrons. The number of carbonyl (C=O) groups is 2. The van der Waals surface area contributed by atoms with Gasteiger partial charge in [0.2, 0.25) is 0 Å². The molecule has 0 aromatic heterocycles. The molecule has 0 heterocycles. The van der Waals surface area contributed by atoms with Crippen molar-refractivity contribution in [2.24, 2.45) is 11.8 Å². The Labute approximate surface area is 133 Å². The van der Waals surface area contributed by atoms with E-state index in [0.717, 1.165) is 0 Å². The summed E-state index contributed by atoms with van der Waals surface area (Å²) in [5.41, 5.74) is -1.36. The molecular formula is C16H30O6. The lowest BCUT2D eigenvalue weighted by atomic mass is 9.90. The van der Waals surface area contributed by atoms with Gasteiger partial charge in [-0.2, -0.15) is 19.4 Å². The summed E-state index contributed by atoms with van der Waals surface area (Å²) in [6, 6.07) is 0. The van der Waals surface area contributed by atoms with E-state index in [-0.39, 0.29) is 11.8 Å². The normalized spacial score (nSPS) is 16.6. The van der Waals surface area contributed by atoms with Gasteiger partial charge in [0, 0.05) is 0 Å². The van der Waals surface area contributed by atoms with Gasteiger partial charge in [-0.3, -0.25) is 0 Å².